The Labute approximate surface area is 118 Å². The maximum Gasteiger partial charge on any atom is 0.189 e. The number of phenols is 1. The Bertz CT molecular complexity index is 468. The van der Waals surface area contributed by atoms with Crippen molar-refractivity contribution in [2.24, 2.45) is 10.7 Å². The molecule has 0 amide bonds. The second kappa shape index (κ2) is 7.12. The van der Waals surface area contributed by atoms with E-state index in [9.17, 15) is 4.39 Å². The summed E-state index contributed by atoms with van der Waals surface area (Å²) in [6.07, 6.45) is 7.31. The average Bonchev–Trinajstić information content (AvgIpc) is 2.69. The van der Waals surface area contributed by atoms with E-state index < -0.39 is 5.82 Å². The molecule has 110 valence electrons. The third-order valence-electron chi connectivity index (χ3n) is 3.65. The first kappa shape index (κ1) is 14.6. The van der Waals surface area contributed by atoms with Crippen LogP contribution in [-0.4, -0.2) is 17.1 Å². The average molecular weight is 279 g/mol. The summed E-state index contributed by atoms with van der Waals surface area (Å²) in [7, 11) is 0. The smallest absolute Gasteiger partial charge is 0.189 e. The second-order valence-corrected chi connectivity index (χ2v) is 5.32. The van der Waals surface area contributed by atoms with Gasteiger partial charge >= 0.3 is 0 Å². The van der Waals surface area contributed by atoms with Crippen LogP contribution in [0.5, 0.6) is 5.75 Å². The van der Waals surface area contributed by atoms with Crippen molar-refractivity contribution in [3.8, 4) is 5.75 Å². The summed E-state index contributed by atoms with van der Waals surface area (Å²) in [5, 5.41) is 12.4. The summed E-state index contributed by atoms with van der Waals surface area (Å²) in [6.45, 7) is 0.308. The van der Waals surface area contributed by atoms with Crippen molar-refractivity contribution in [2.45, 2.75) is 51.1 Å². The molecule has 1 aromatic rings. The van der Waals surface area contributed by atoms with E-state index in [-0.39, 0.29) is 5.75 Å². The Balaban J connectivity index is 1.87. The monoisotopic (exact) mass is 279 g/mol. The minimum absolute atomic E-state index is 0.308. The van der Waals surface area contributed by atoms with E-state index in [0.29, 0.717) is 24.1 Å². The minimum atomic E-state index is -0.631. The number of phenolic OH excluding ortho intramolecular Hbond substituents is 1. The molecule has 20 heavy (non-hydrogen) atoms. The summed E-state index contributed by atoms with van der Waals surface area (Å²) < 4.78 is 13.2. The van der Waals surface area contributed by atoms with Gasteiger partial charge in [-0.05, 0) is 30.5 Å². The number of nitrogens with zero attached hydrogens (tertiary/aromatic N) is 1. The van der Waals surface area contributed by atoms with Crippen LogP contribution in [0.15, 0.2) is 23.2 Å². The maximum atomic E-state index is 13.2. The molecule has 0 atom stereocenters. The fourth-order valence-corrected chi connectivity index (χ4v) is 2.50. The van der Waals surface area contributed by atoms with Crippen molar-refractivity contribution in [1.82, 2.24) is 5.32 Å². The van der Waals surface area contributed by atoms with E-state index in [2.05, 4.69) is 10.3 Å². The molecule has 0 bridgehead atoms. The molecule has 4 N–H and O–H groups in total. The van der Waals surface area contributed by atoms with E-state index in [4.69, 9.17) is 10.8 Å². The zero-order chi connectivity index (χ0) is 14.4. The van der Waals surface area contributed by atoms with E-state index in [1.165, 1.54) is 37.8 Å². The van der Waals surface area contributed by atoms with Crippen molar-refractivity contribution < 1.29 is 9.50 Å². The highest BCUT2D eigenvalue weighted by molar-refractivity contribution is 5.78. The SMILES string of the molecule is NC(=NCc1ccc(O)c(F)c1)NC1CCCCCC1. The zero-order valence-corrected chi connectivity index (χ0v) is 11.6. The number of halogens is 1. The van der Waals surface area contributed by atoms with Crippen LogP contribution < -0.4 is 11.1 Å². The molecule has 0 radical (unpaired) electrons. The van der Waals surface area contributed by atoms with Gasteiger partial charge in [-0.3, -0.25) is 0 Å². The zero-order valence-electron chi connectivity index (χ0n) is 11.6. The number of nitrogens with one attached hydrogen (secondary N) is 1. The van der Waals surface area contributed by atoms with Crippen LogP contribution in [0.3, 0.4) is 0 Å². The van der Waals surface area contributed by atoms with Crippen LogP contribution in [0.2, 0.25) is 0 Å². The molecule has 0 spiro atoms. The van der Waals surface area contributed by atoms with Crippen molar-refractivity contribution in [3.63, 3.8) is 0 Å². The summed E-state index contributed by atoms with van der Waals surface area (Å²) in [5.74, 6) is -0.569. The van der Waals surface area contributed by atoms with Gasteiger partial charge in [0.2, 0.25) is 0 Å². The van der Waals surface area contributed by atoms with Gasteiger partial charge in [-0.2, -0.15) is 0 Å². The highest BCUT2D eigenvalue weighted by Crippen LogP contribution is 2.18. The number of hydrogen-bond acceptors (Lipinski definition) is 2. The molecule has 5 heteroatoms. The van der Waals surface area contributed by atoms with Crippen LogP contribution in [0.25, 0.3) is 0 Å². The summed E-state index contributed by atoms with van der Waals surface area (Å²) in [4.78, 5) is 4.22. The third kappa shape index (κ3) is 4.40. The Hall–Kier alpha value is -1.78. The number of guanidine groups is 1. The first-order chi connectivity index (χ1) is 9.65. The molecule has 0 saturated heterocycles. The fraction of sp³-hybridized carbons (Fsp3) is 0.533. The highest BCUT2D eigenvalue weighted by Gasteiger charge is 2.12. The first-order valence-electron chi connectivity index (χ1n) is 7.19. The molecule has 1 saturated carbocycles. The molecule has 2 rings (SSSR count). The predicted octanol–water partition coefficient (Wildman–Crippen LogP) is 2.66. The third-order valence-corrected chi connectivity index (χ3v) is 3.65. The summed E-state index contributed by atoms with van der Waals surface area (Å²) >= 11 is 0. The number of nitrogens with two attached hydrogens (primary N) is 1. The highest BCUT2D eigenvalue weighted by atomic mass is 19.1. The molecule has 1 fully saturated rings. The van der Waals surface area contributed by atoms with Crippen LogP contribution in [0, 0.1) is 5.82 Å². The lowest BCUT2D eigenvalue weighted by Gasteiger charge is -2.16. The van der Waals surface area contributed by atoms with Gasteiger partial charge in [0.15, 0.2) is 17.5 Å². The second-order valence-electron chi connectivity index (χ2n) is 5.32. The molecule has 1 aromatic carbocycles. The van der Waals surface area contributed by atoms with Crippen molar-refractivity contribution in [3.05, 3.63) is 29.6 Å². The summed E-state index contributed by atoms with van der Waals surface area (Å²) in [6, 6.07) is 4.64. The molecule has 1 aliphatic carbocycles. The molecular weight excluding hydrogens is 257 g/mol. The van der Waals surface area contributed by atoms with E-state index in [1.807, 2.05) is 0 Å². The quantitative estimate of drug-likeness (QED) is 0.452. The van der Waals surface area contributed by atoms with Crippen LogP contribution in [-0.2, 0) is 6.54 Å². The number of benzene rings is 1. The Kier molecular flexibility index (Phi) is 5.21. The van der Waals surface area contributed by atoms with Gasteiger partial charge in [0.1, 0.15) is 0 Å². The molecule has 4 nitrogen and oxygen atoms in total. The molecule has 0 aromatic heterocycles. The van der Waals surface area contributed by atoms with Gasteiger partial charge in [0, 0.05) is 6.04 Å². The Morgan fingerprint density at radius 2 is 2.00 bits per heavy atom. The standard InChI is InChI=1S/C15H22FN3O/c16-13-9-11(7-8-14(13)20)10-18-15(17)19-12-5-3-1-2-4-6-12/h7-9,12,20H,1-6,10H2,(H3,17,18,19). The predicted molar refractivity (Wildman–Crippen MR) is 78.0 cm³/mol. The minimum Gasteiger partial charge on any atom is -0.505 e. The number of aliphatic imine (C=N–C) groups is 1. The van der Waals surface area contributed by atoms with Gasteiger partial charge in [0.25, 0.3) is 0 Å². The van der Waals surface area contributed by atoms with Gasteiger partial charge in [-0.1, -0.05) is 31.7 Å². The van der Waals surface area contributed by atoms with E-state index >= 15 is 0 Å². The van der Waals surface area contributed by atoms with Crippen molar-refractivity contribution >= 4 is 5.96 Å². The van der Waals surface area contributed by atoms with Gasteiger partial charge in [-0.15, -0.1) is 0 Å². The molecule has 0 heterocycles. The largest absolute Gasteiger partial charge is 0.505 e. The van der Waals surface area contributed by atoms with Gasteiger partial charge in [-0.25, -0.2) is 9.38 Å². The van der Waals surface area contributed by atoms with Crippen LogP contribution in [0.4, 0.5) is 4.39 Å². The maximum absolute atomic E-state index is 13.2. The Morgan fingerprint density at radius 3 is 2.65 bits per heavy atom. The lowest BCUT2D eigenvalue weighted by Crippen LogP contribution is -2.39. The first-order valence-corrected chi connectivity index (χ1v) is 7.19. The Morgan fingerprint density at radius 1 is 1.30 bits per heavy atom. The van der Waals surface area contributed by atoms with Crippen molar-refractivity contribution in [1.29, 1.82) is 0 Å². The van der Waals surface area contributed by atoms with Crippen molar-refractivity contribution in [2.75, 3.05) is 0 Å². The van der Waals surface area contributed by atoms with Gasteiger partial charge in [0.05, 0.1) is 6.54 Å². The normalized spacial score (nSPS) is 17.8. The summed E-state index contributed by atoms with van der Waals surface area (Å²) in [5.41, 5.74) is 6.55. The molecular formula is C15H22FN3O. The fourth-order valence-electron chi connectivity index (χ4n) is 2.50. The number of rotatable bonds is 3. The molecule has 0 aliphatic heterocycles. The number of aromatic hydroxyl groups is 1. The van der Waals surface area contributed by atoms with Gasteiger partial charge < -0.3 is 16.2 Å². The lowest BCUT2D eigenvalue weighted by molar-refractivity contribution is 0.432. The molecule has 0 unspecified atom stereocenters. The van der Waals surface area contributed by atoms with E-state index in [1.54, 1.807) is 6.07 Å². The van der Waals surface area contributed by atoms with E-state index in [0.717, 1.165) is 12.8 Å². The lowest BCUT2D eigenvalue weighted by atomic mass is 10.1. The topological polar surface area (TPSA) is 70.6 Å². The number of hydrogen-bond donors (Lipinski definition) is 3. The van der Waals surface area contributed by atoms with Crippen LogP contribution >= 0.6 is 0 Å². The van der Waals surface area contributed by atoms with Crippen LogP contribution in [0.1, 0.15) is 44.1 Å². The molecule has 1 aliphatic rings.